The first-order valence-electron chi connectivity index (χ1n) is 20.4. The molecule has 5 aliphatic carbocycles. The zero-order valence-corrected chi connectivity index (χ0v) is 32.1. The maximum atomic E-state index is 5.84. The van der Waals surface area contributed by atoms with E-state index >= 15 is 0 Å². The van der Waals surface area contributed by atoms with E-state index in [1.165, 1.54) is 16.7 Å². The largest absolute Gasteiger partial charge is 0.339 e. The quantitative estimate of drug-likeness (QED) is 0.309. The van der Waals surface area contributed by atoms with Gasteiger partial charge < -0.3 is 14.7 Å². The normalized spacial score (nSPS) is 38.9. The van der Waals surface area contributed by atoms with Gasteiger partial charge in [0.25, 0.3) is 0 Å². The lowest BCUT2D eigenvalue weighted by Crippen LogP contribution is -2.72. The third-order valence-corrected chi connectivity index (χ3v) is 15.0. The molecule has 274 valence electrons. The predicted octanol–water partition coefficient (Wildman–Crippen LogP) is 8.66. The standard InChI is InChI=1S/C47H51N7/c1-6-47(39-35-23-15-16-24-37(35)53-38-28-48-41(34-22-14-13-17-29(34)2)49-43(38)51(5)44(39)53)45-52(33-20-11-8-12-21-33)42(32-18-9-7-10-19-32)50-54(45)40-30(3)25-31-26-36(40)46(47,4)27-31/h7-16,18-20,22-26,28-30,33,35,37,39-40,44-45H,6,17,21,27H2,1-5H3. The van der Waals surface area contributed by atoms with Crippen LogP contribution < -0.4 is 9.80 Å². The number of nitrogens with zero attached hydrogens (tertiary/aromatic N) is 7. The third kappa shape index (κ3) is 4.05. The highest BCUT2D eigenvalue weighted by Gasteiger charge is 2.75. The number of hydrogen-bond donors (Lipinski definition) is 0. The number of benzene rings is 1. The summed E-state index contributed by atoms with van der Waals surface area (Å²) in [5.41, 5.74) is 6.44. The summed E-state index contributed by atoms with van der Waals surface area (Å²) < 4.78 is 0. The number of fused-ring (bicyclic) bond motifs is 8. The summed E-state index contributed by atoms with van der Waals surface area (Å²) in [6.07, 6.45) is 37.1. The first-order chi connectivity index (χ1) is 26.4. The zero-order valence-electron chi connectivity index (χ0n) is 32.1. The first kappa shape index (κ1) is 32.5. The second kappa shape index (κ2) is 11.5. The number of rotatable bonds is 5. The maximum absolute atomic E-state index is 5.84. The average molecular weight is 714 g/mol. The van der Waals surface area contributed by atoms with Crippen LogP contribution >= 0.6 is 0 Å². The molecule has 0 amide bonds. The monoisotopic (exact) mass is 713 g/mol. The van der Waals surface area contributed by atoms with Crippen molar-refractivity contribution in [3.63, 3.8) is 0 Å². The van der Waals surface area contributed by atoms with E-state index in [4.69, 9.17) is 15.1 Å². The fraction of sp³-hybridized carbons (Fsp3) is 0.426. The summed E-state index contributed by atoms with van der Waals surface area (Å²) in [6, 6.07) is 11.6. The summed E-state index contributed by atoms with van der Waals surface area (Å²) in [6.45, 7) is 9.89. The molecule has 0 N–H and O–H groups in total. The van der Waals surface area contributed by atoms with E-state index in [9.17, 15) is 0 Å². The van der Waals surface area contributed by atoms with Crippen molar-refractivity contribution in [1.82, 2.24) is 19.9 Å². The molecule has 11 unspecified atom stereocenters. The fourth-order valence-electron chi connectivity index (χ4n) is 12.9. The van der Waals surface area contributed by atoms with Gasteiger partial charge in [0, 0.05) is 41.2 Å². The molecule has 0 radical (unpaired) electrons. The van der Waals surface area contributed by atoms with Crippen LogP contribution in [0.25, 0.3) is 5.57 Å². The Morgan fingerprint density at radius 2 is 1.74 bits per heavy atom. The van der Waals surface area contributed by atoms with E-state index in [2.05, 4.69) is 170 Å². The second-order valence-electron chi connectivity index (χ2n) is 17.5. The van der Waals surface area contributed by atoms with Crippen LogP contribution in [-0.4, -0.2) is 63.2 Å². The van der Waals surface area contributed by atoms with E-state index in [1.807, 2.05) is 0 Å². The Bertz CT molecular complexity index is 2200. The molecular formula is C47H51N7. The number of anilines is 2. The highest BCUT2D eigenvalue weighted by molar-refractivity contribution is 6.00. The molecule has 54 heavy (non-hydrogen) atoms. The van der Waals surface area contributed by atoms with Crippen molar-refractivity contribution in [1.29, 1.82) is 0 Å². The van der Waals surface area contributed by atoms with Crippen molar-refractivity contribution in [3.8, 4) is 0 Å². The Morgan fingerprint density at radius 3 is 2.54 bits per heavy atom. The fourth-order valence-corrected chi connectivity index (χ4v) is 12.9. The summed E-state index contributed by atoms with van der Waals surface area (Å²) in [7, 11) is 2.32. The van der Waals surface area contributed by atoms with Crippen LogP contribution in [0.15, 0.2) is 132 Å². The minimum absolute atomic E-state index is 0.0583. The van der Waals surface area contributed by atoms with Gasteiger partial charge in [-0.1, -0.05) is 143 Å². The van der Waals surface area contributed by atoms with E-state index in [0.717, 1.165) is 48.8 Å². The van der Waals surface area contributed by atoms with E-state index < -0.39 is 0 Å². The van der Waals surface area contributed by atoms with Gasteiger partial charge in [0.2, 0.25) is 0 Å². The summed E-state index contributed by atoms with van der Waals surface area (Å²) in [4.78, 5) is 18.6. The Labute approximate surface area is 320 Å². The van der Waals surface area contributed by atoms with Crippen LogP contribution in [-0.2, 0) is 0 Å². The SMILES string of the molecule is CCC1(C2C3C=CC=CC3N3c4cnc(C5=CC=CCC5C)nc4N(C)C23)C2N(N=C(c3ccccc3)N2C2C=CC=CC2)C2C3=CC(=CC2C)CC31C. The molecule has 7 heteroatoms. The minimum Gasteiger partial charge on any atom is -0.339 e. The molecule has 2 bridgehead atoms. The molecule has 0 saturated carbocycles. The molecule has 2 aromatic rings. The van der Waals surface area contributed by atoms with Gasteiger partial charge >= 0.3 is 0 Å². The van der Waals surface area contributed by atoms with Crippen molar-refractivity contribution in [2.24, 2.45) is 39.6 Å². The number of hydrazone groups is 1. The van der Waals surface area contributed by atoms with Crippen molar-refractivity contribution in [2.75, 3.05) is 16.8 Å². The number of aromatic nitrogens is 2. The van der Waals surface area contributed by atoms with Crippen LogP contribution in [0.1, 0.15) is 64.8 Å². The van der Waals surface area contributed by atoms with Crippen molar-refractivity contribution < 1.29 is 0 Å². The molecule has 4 aliphatic heterocycles. The third-order valence-electron chi connectivity index (χ3n) is 15.0. The highest BCUT2D eigenvalue weighted by atomic mass is 15.7. The second-order valence-corrected chi connectivity index (χ2v) is 17.5. The predicted molar refractivity (Wildman–Crippen MR) is 218 cm³/mol. The first-order valence-corrected chi connectivity index (χ1v) is 20.4. The number of allylic oxidation sites excluding steroid dienone is 10. The lowest BCUT2D eigenvalue weighted by atomic mass is 9.47. The van der Waals surface area contributed by atoms with Crippen LogP contribution in [0.3, 0.4) is 0 Å². The Kier molecular flexibility index (Phi) is 6.95. The topological polar surface area (TPSA) is 51.1 Å². The van der Waals surface area contributed by atoms with Gasteiger partial charge in [0.05, 0.1) is 24.3 Å². The number of hydrogen-bond acceptors (Lipinski definition) is 7. The molecule has 1 aromatic carbocycles. The summed E-state index contributed by atoms with van der Waals surface area (Å²) >= 11 is 0. The molecule has 7 nitrogen and oxygen atoms in total. The molecular weight excluding hydrogens is 663 g/mol. The molecule has 2 fully saturated rings. The van der Waals surface area contributed by atoms with Crippen LogP contribution in [0, 0.1) is 34.5 Å². The number of piperidine rings is 1. The molecule has 11 rings (SSSR count). The highest BCUT2D eigenvalue weighted by Crippen LogP contribution is 2.72. The Hall–Kier alpha value is -4.91. The maximum Gasteiger partial charge on any atom is 0.158 e. The zero-order chi connectivity index (χ0) is 36.5. The van der Waals surface area contributed by atoms with E-state index in [-0.39, 0.29) is 47.2 Å². The molecule has 2 saturated heterocycles. The van der Waals surface area contributed by atoms with Gasteiger partial charge in [-0.3, -0.25) is 5.01 Å². The van der Waals surface area contributed by atoms with Gasteiger partial charge in [-0.25, -0.2) is 9.97 Å². The van der Waals surface area contributed by atoms with Crippen LogP contribution in [0.4, 0.5) is 11.5 Å². The van der Waals surface area contributed by atoms with Gasteiger partial charge in [-0.2, -0.15) is 5.10 Å². The van der Waals surface area contributed by atoms with Crippen molar-refractivity contribution in [3.05, 3.63) is 138 Å². The van der Waals surface area contributed by atoms with Gasteiger partial charge in [-0.05, 0) is 42.7 Å². The lowest BCUT2D eigenvalue weighted by Gasteiger charge is -2.66. The van der Waals surface area contributed by atoms with Crippen LogP contribution in [0.5, 0.6) is 0 Å². The van der Waals surface area contributed by atoms with Gasteiger partial charge in [0.15, 0.2) is 17.5 Å². The van der Waals surface area contributed by atoms with Crippen LogP contribution in [0.2, 0.25) is 0 Å². The Balaban J connectivity index is 1.13. The van der Waals surface area contributed by atoms with Gasteiger partial charge in [0.1, 0.15) is 18.0 Å². The molecule has 5 heterocycles. The molecule has 11 atom stereocenters. The van der Waals surface area contributed by atoms with Crippen molar-refractivity contribution in [2.45, 2.75) is 83.8 Å². The van der Waals surface area contributed by atoms with Gasteiger partial charge in [-0.15, -0.1) is 0 Å². The van der Waals surface area contributed by atoms with Crippen molar-refractivity contribution >= 4 is 22.9 Å². The smallest absolute Gasteiger partial charge is 0.158 e. The summed E-state index contributed by atoms with van der Waals surface area (Å²) in [5.74, 6) is 4.39. The van der Waals surface area contributed by atoms with E-state index in [1.54, 1.807) is 5.57 Å². The lowest BCUT2D eigenvalue weighted by molar-refractivity contribution is -0.161. The molecule has 1 aromatic heterocycles. The molecule has 9 aliphatic rings. The Morgan fingerprint density at radius 1 is 0.926 bits per heavy atom. The minimum atomic E-state index is -0.195. The number of amidine groups is 1. The molecule has 0 spiro atoms. The van der Waals surface area contributed by atoms with E-state index in [0.29, 0.717) is 17.8 Å². The summed E-state index contributed by atoms with van der Waals surface area (Å²) in [5, 5.41) is 8.47. The average Bonchev–Trinajstić information content (AvgIpc) is 3.92.